The van der Waals surface area contributed by atoms with Crippen LogP contribution in [0.3, 0.4) is 0 Å². The minimum Gasteiger partial charge on any atom is -0.345 e. The highest BCUT2D eigenvalue weighted by Gasteiger charge is 2.18. The van der Waals surface area contributed by atoms with E-state index in [1.165, 1.54) is 6.20 Å². The first-order chi connectivity index (χ1) is 9.49. The minimum atomic E-state index is -0.934. The summed E-state index contributed by atoms with van der Waals surface area (Å²) in [7, 11) is 0. The quantitative estimate of drug-likeness (QED) is 0.659. The summed E-state index contributed by atoms with van der Waals surface area (Å²) in [6.45, 7) is 1.71. The van der Waals surface area contributed by atoms with E-state index in [1.807, 2.05) is 0 Å². The molecule has 0 aliphatic carbocycles. The number of carbonyl (C=O) groups is 1. The third-order valence-corrected chi connectivity index (χ3v) is 2.78. The van der Waals surface area contributed by atoms with Gasteiger partial charge in [0, 0.05) is 17.8 Å². The van der Waals surface area contributed by atoms with Gasteiger partial charge < -0.3 is 5.32 Å². The van der Waals surface area contributed by atoms with Crippen molar-refractivity contribution >= 4 is 11.6 Å². The minimum absolute atomic E-state index is 0.244. The highest BCUT2D eigenvalue weighted by Crippen LogP contribution is 2.18. The summed E-state index contributed by atoms with van der Waals surface area (Å²) < 4.78 is 13.7. The van der Waals surface area contributed by atoms with Gasteiger partial charge in [0.1, 0.15) is 5.82 Å². The molecule has 104 valence electrons. The van der Waals surface area contributed by atoms with Gasteiger partial charge in [0.05, 0.1) is 28.8 Å². The Morgan fingerprint density at radius 3 is 2.85 bits per heavy atom. The van der Waals surface area contributed by atoms with Crippen molar-refractivity contribution in [2.24, 2.45) is 0 Å². The van der Waals surface area contributed by atoms with Crippen molar-refractivity contribution in [1.82, 2.24) is 15.5 Å². The maximum Gasteiger partial charge on any atom is 0.272 e. The number of carbonyl (C=O) groups excluding carboxylic acids is 1. The van der Waals surface area contributed by atoms with Crippen LogP contribution in [-0.2, 0) is 0 Å². The molecule has 1 unspecified atom stereocenters. The second-order valence-corrected chi connectivity index (χ2v) is 4.15. The molecule has 1 aromatic carbocycles. The van der Waals surface area contributed by atoms with Crippen molar-refractivity contribution < 1.29 is 14.1 Å². The number of nitrogens with zero attached hydrogens (tertiary/aromatic N) is 2. The average molecular weight is 278 g/mol. The summed E-state index contributed by atoms with van der Waals surface area (Å²) >= 11 is 0. The molecule has 1 aromatic heterocycles. The molecule has 2 N–H and O–H groups in total. The van der Waals surface area contributed by atoms with Crippen LogP contribution in [0, 0.1) is 15.9 Å². The Morgan fingerprint density at radius 1 is 1.55 bits per heavy atom. The molecule has 1 atom stereocenters. The number of benzene rings is 1. The van der Waals surface area contributed by atoms with Gasteiger partial charge in [-0.15, -0.1) is 0 Å². The van der Waals surface area contributed by atoms with Crippen LogP contribution in [0.5, 0.6) is 0 Å². The number of halogens is 1. The standard InChI is InChI=1S/C12H11FN4O3/c1-7(8-5-14-15-6-8)16-12(18)10-3-2-9(17(19)20)4-11(10)13/h2-7H,1H3,(H,14,15)(H,16,18). The lowest BCUT2D eigenvalue weighted by Crippen LogP contribution is -2.27. The predicted molar refractivity (Wildman–Crippen MR) is 67.5 cm³/mol. The monoisotopic (exact) mass is 278 g/mol. The number of non-ortho nitro benzene ring substituents is 1. The van der Waals surface area contributed by atoms with Crippen molar-refractivity contribution in [1.29, 1.82) is 0 Å². The van der Waals surface area contributed by atoms with Gasteiger partial charge in [-0.2, -0.15) is 5.10 Å². The van der Waals surface area contributed by atoms with Crippen molar-refractivity contribution in [2.45, 2.75) is 13.0 Å². The average Bonchev–Trinajstić information content (AvgIpc) is 2.92. The zero-order valence-electron chi connectivity index (χ0n) is 10.5. The molecular formula is C12H11FN4O3. The largest absolute Gasteiger partial charge is 0.345 e. The van der Waals surface area contributed by atoms with Crippen LogP contribution in [-0.4, -0.2) is 21.0 Å². The molecular weight excluding hydrogens is 267 g/mol. The highest BCUT2D eigenvalue weighted by atomic mass is 19.1. The van der Waals surface area contributed by atoms with Gasteiger partial charge in [-0.1, -0.05) is 0 Å². The van der Waals surface area contributed by atoms with E-state index in [9.17, 15) is 19.3 Å². The van der Waals surface area contributed by atoms with Crippen molar-refractivity contribution in [2.75, 3.05) is 0 Å². The number of nitro benzene ring substituents is 1. The molecule has 2 rings (SSSR count). The summed E-state index contributed by atoms with van der Waals surface area (Å²) in [4.78, 5) is 21.7. The molecule has 0 aliphatic heterocycles. The summed E-state index contributed by atoms with van der Waals surface area (Å²) in [5, 5.41) is 19.4. The van der Waals surface area contributed by atoms with Crippen LogP contribution < -0.4 is 5.32 Å². The lowest BCUT2D eigenvalue weighted by Gasteiger charge is -2.12. The molecule has 20 heavy (non-hydrogen) atoms. The van der Waals surface area contributed by atoms with E-state index in [-0.39, 0.29) is 11.6 Å². The molecule has 1 heterocycles. The number of hydrogen-bond donors (Lipinski definition) is 2. The number of nitrogens with one attached hydrogen (secondary N) is 2. The van der Waals surface area contributed by atoms with E-state index in [1.54, 1.807) is 13.1 Å². The maximum atomic E-state index is 13.7. The van der Waals surface area contributed by atoms with Crippen LogP contribution in [0.4, 0.5) is 10.1 Å². The molecule has 8 heteroatoms. The molecule has 7 nitrogen and oxygen atoms in total. The molecule has 1 amide bonds. The van der Waals surface area contributed by atoms with Gasteiger partial charge in [0.25, 0.3) is 11.6 Å². The molecule has 2 aromatic rings. The summed E-state index contributed by atoms with van der Waals surface area (Å²) in [6, 6.07) is 2.53. The second kappa shape index (κ2) is 5.47. The molecule has 0 radical (unpaired) electrons. The second-order valence-electron chi connectivity index (χ2n) is 4.15. The molecule has 0 aliphatic rings. The first-order valence-electron chi connectivity index (χ1n) is 5.72. The highest BCUT2D eigenvalue weighted by molar-refractivity contribution is 5.94. The smallest absolute Gasteiger partial charge is 0.272 e. The third-order valence-electron chi connectivity index (χ3n) is 2.78. The Kier molecular flexibility index (Phi) is 3.74. The SMILES string of the molecule is CC(NC(=O)c1ccc([N+](=O)[O-])cc1F)c1cn[nH]c1. The Balaban J connectivity index is 2.15. The van der Waals surface area contributed by atoms with E-state index < -0.39 is 22.3 Å². The van der Waals surface area contributed by atoms with Gasteiger partial charge in [-0.25, -0.2) is 4.39 Å². The van der Waals surface area contributed by atoms with E-state index in [4.69, 9.17) is 0 Å². The van der Waals surface area contributed by atoms with Crippen molar-refractivity contribution in [3.8, 4) is 0 Å². The maximum absolute atomic E-state index is 13.7. The molecule has 0 spiro atoms. The van der Waals surface area contributed by atoms with Crippen LogP contribution in [0.25, 0.3) is 0 Å². The zero-order chi connectivity index (χ0) is 14.7. The van der Waals surface area contributed by atoms with Gasteiger partial charge >= 0.3 is 0 Å². The topological polar surface area (TPSA) is 101 Å². The number of aromatic nitrogens is 2. The van der Waals surface area contributed by atoms with E-state index in [0.717, 1.165) is 23.8 Å². The normalized spacial score (nSPS) is 11.9. The number of aromatic amines is 1. The van der Waals surface area contributed by atoms with Gasteiger partial charge in [0.15, 0.2) is 0 Å². The Labute approximate surface area is 113 Å². The third kappa shape index (κ3) is 2.79. The number of hydrogen-bond acceptors (Lipinski definition) is 4. The fourth-order valence-corrected chi connectivity index (χ4v) is 1.66. The van der Waals surface area contributed by atoms with Crippen LogP contribution in [0.15, 0.2) is 30.6 Å². The zero-order valence-corrected chi connectivity index (χ0v) is 10.5. The first-order valence-corrected chi connectivity index (χ1v) is 5.72. The van der Waals surface area contributed by atoms with E-state index >= 15 is 0 Å². The summed E-state index contributed by atoms with van der Waals surface area (Å²) in [6.07, 6.45) is 3.15. The van der Waals surface area contributed by atoms with Gasteiger partial charge in [-0.05, 0) is 13.0 Å². The van der Waals surface area contributed by atoms with Crippen molar-refractivity contribution in [3.05, 3.63) is 57.7 Å². The first kappa shape index (κ1) is 13.7. The van der Waals surface area contributed by atoms with Crippen LogP contribution >= 0.6 is 0 Å². The number of amides is 1. The van der Waals surface area contributed by atoms with Gasteiger partial charge in [0.2, 0.25) is 0 Å². The van der Waals surface area contributed by atoms with Gasteiger partial charge in [-0.3, -0.25) is 20.0 Å². The number of H-pyrrole nitrogens is 1. The molecule has 0 saturated carbocycles. The van der Waals surface area contributed by atoms with Crippen molar-refractivity contribution in [3.63, 3.8) is 0 Å². The molecule has 0 fully saturated rings. The molecule has 0 bridgehead atoms. The fourth-order valence-electron chi connectivity index (χ4n) is 1.66. The van der Waals surface area contributed by atoms with E-state index in [0.29, 0.717) is 0 Å². The van der Waals surface area contributed by atoms with Crippen LogP contribution in [0.2, 0.25) is 0 Å². The number of nitro groups is 1. The van der Waals surface area contributed by atoms with Crippen LogP contribution in [0.1, 0.15) is 28.9 Å². The predicted octanol–water partition coefficient (Wildman–Crippen LogP) is 1.95. The Bertz CT molecular complexity index is 642. The fraction of sp³-hybridized carbons (Fsp3) is 0.167. The lowest BCUT2D eigenvalue weighted by molar-refractivity contribution is -0.385. The molecule has 0 saturated heterocycles. The Hall–Kier alpha value is -2.77. The number of rotatable bonds is 4. The summed E-state index contributed by atoms with van der Waals surface area (Å²) in [5.74, 6) is -1.58. The summed E-state index contributed by atoms with van der Waals surface area (Å²) in [5.41, 5.74) is 0.0912. The lowest BCUT2D eigenvalue weighted by atomic mass is 10.1. The Morgan fingerprint density at radius 2 is 2.30 bits per heavy atom. The van der Waals surface area contributed by atoms with E-state index in [2.05, 4.69) is 15.5 Å².